The molecule has 0 radical (unpaired) electrons. The maximum Gasteiger partial charge on any atom is 0.136 e. The van der Waals surface area contributed by atoms with Crippen LogP contribution in [0.1, 0.15) is 41.0 Å². The van der Waals surface area contributed by atoms with Crippen LogP contribution in [0.3, 0.4) is 0 Å². The highest BCUT2D eigenvalue weighted by molar-refractivity contribution is 7.99. The first kappa shape index (κ1) is 16.3. The van der Waals surface area contributed by atoms with Crippen LogP contribution >= 0.6 is 11.9 Å². The molecule has 0 spiro atoms. The summed E-state index contributed by atoms with van der Waals surface area (Å²) in [6.45, 7) is 20.2. The zero-order chi connectivity index (χ0) is 13.0. The fraction of sp³-hybridized carbons (Fsp3) is 0.846. The van der Waals surface area contributed by atoms with E-state index in [9.17, 15) is 0 Å². The minimum Gasteiger partial charge on any atom is -0.284 e. The Morgan fingerprint density at radius 2 is 1.81 bits per heavy atom. The lowest BCUT2D eigenvalue weighted by molar-refractivity contribution is 0.586. The summed E-state index contributed by atoms with van der Waals surface area (Å²) in [5.41, 5.74) is 0. The van der Waals surface area contributed by atoms with Crippen LogP contribution in [0, 0.1) is 5.92 Å². The van der Waals surface area contributed by atoms with Crippen molar-refractivity contribution in [1.82, 2.24) is 4.39 Å². The summed E-state index contributed by atoms with van der Waals surface area (Å²) in [6.07, 6.45) is 3.13. The molecular weight excluding hydrogens is 230 g/mol. The topological polar surface area (TPSA) is 12.0 Å². The zero-order valence-electron chi connectivity index (χ0n) is 12.1. The predicted octanol–water partition coefficient (Wildman–Crippen LogP) is 4.83. The van der Waals surface area contributed by atoms with Gasteiger partial charge in [-0.3, -0.25) is 4.39 Å². The molecule has 96 valence electrons. The number of hydrogen-bond acceptors (Lipinski definition) is 2. The van der Waals surface area contributed by atoms with Gasteiger partial charge in [0.05, 0.1) is 0 Å². The average molecular weight is 260 g/mol. The summed E-state index contributed by atoms with van der Waals surface area (Å²) < 4.78 is 3.76. The van der Waals surface area contributed by atoms with Crippen LogP contribution in [0.4, 0.5) is 0 Å². The summed E-state index contributed by atoms with van der Waals surface area (Å²) in [6, 6.07) is 0. The standard InChI is InChI=1S/C13H29NSSi/c1-9-10-11(2)12(3)15-14-16(7,8)13(4,5)6/h9,11-12,14H,1,10H2,2-8H3/t11-,12+/m0/s1. The lowest BCUT2D eigenvalue weighted by atomic mass is 10.1. The summed E-state index contributed by atoms with van der Waals surface area (Å²) in [5.74, 6) is 0.694. The van der Waals surface area contributed by atoms with Gasteiger partial charge in [0.25, 0.3) is 0 Å². The summed E-state index contributed by atoms with van der Waals surface area (Å²) in [7, 11) is -1.35. The first-order valence-corrected chi connectivity index (χ1v) is 10.0. The van der Waals surface area contributed by atoms with Gasteiger partial charge in [-0.25, -0.2) is 0 Å². The van der Waals surface area contributed by atoms with E-state index in [0.717, 1.165) is 6.42 Å². The van der Waals surface area contributed by atoms with Gasteiger partial charge in [0.15, 0.2) is 0 Å². The van der Waals surface area contributed by atoms with Crippen molar-refractivity contribution in [3.63, 3.8) is 0 Å². The zero-order valence-corrected chi connectivity index (χ0v) is 13.9. The Morgan fingerprint density at radius 1 is 1.31 bits per heavy atom. The van der Waals surface area contributed by atoms with Crippen molar-refractivity contribution in [2.24, 2.45) is 5.92 Å². The highest BCUT2D eigenvalue weighted by Crippen LogP contribution is 2.36. The molecule has 3 heteroatoms. The Bertz CT molecular complexity index is 220. The molecule has 0 heterocycles. The van der Waals surface area contributed by atoms with Crippen LogP contribution in [0.25, 0.3) is 0 Å². The van der Waals surface area contributed by atoms with Gasteiger partial charge < -0.3 is 0 Å². The molecule has 0 fully saturated rings. The SMILES string of the molecule is C=CC[C@H](C)[C@@H](C)SN[Si](C)(C)C(C)(C)C. The highest BCUT2D eigenvalue weighted by Gasteiger charge is 2.35. The molecule has 0 aromatic heterocycles. The molecule has 2 atom stereocenters. The normalized spacial score (nSPS) is 16.9. The number of nitrogens with one attached hydrogen (secondary N) is 1. The van der Waals surface area contributed by atoms with Crippen molar-refractivity contribution >= 4 is 20.2 Å². The van der Waals surface area contributed by atoms with E-state index in [0.29, 0.717) is 16.2 Å². The van der Waals surface area contributed by atoms with E-state index in [1.807, 2.05) is 18.0 Å². The Morgan fingerprint density at radius 3 is 2.19 bits per heavy atom. The van der Waals surface area contributed by atoms with Crippen LogP contribution in [-0.4, -0.2) is 13.5 Å². The molecule has 0 aliphatic carbocycles. The molecule has 0 amide bonds. The molecule has 0 aromatic rings. The maximum atomic E-state index is 3.81. The molecule has 0 rings (SSSR count). The molecule has 0 saturated heterocycles. The van der Waals surface area contributed by atoms with Gasteiger partial charge in [-0.05, 0) is 17.4 Å². The Balaban J connectivity index is 4.19. The molecule has 0 aromatic carbocycles. The van der Waals surface area contributed by atoms with E-state index in [-0.39, 0.29) is 0 Å². The fourth-order valence-electron chi connectivity index (χ4n) is 0.964. The third-order valence-electron chi connectivity index (χ3n) is 3.71. The average Bonchev–Trinajstić information content (AvgIpc) is 2.12. The van der Waals surface area contributed by atoms with Gasteiger partial charge in [0.2, 0.25) is 0 Å². The molecular formula is C13H29NSSi. The second-order valence-corrected chi connectivity index (χ2v) is 12.8. The highest BCUT2D eigenvalue weighted by atomic mass is 32.2. The first-order chi connectivity index (χ1) is 7.12. The summed E-state index contributed by atoms with van der Waals surface area (Å²) in [5, 5.41) is 1.05. The van der Waals surface area contributed by atoms with E-state index >= 15 is 0 Å². The third kappa shape index (κ3) is 5.06. The van der Waals surface area contributed by atoms with Crippen molar-refractivity contribution in [2.75, 3.05) is 0 Å². The van der Waals surface area contributed by atoms with Crippen LogP contribution in [-0.2, 0) is 0 Å². The lowest BCUT2D eigenvalue weighted by Crippen LogP contribution is -2.49. The predicted molar refractivity (Wildman–Crippen MR) is 81.4 cm³/mol. The van der Waals surface area contributed by atoms with Crippen molar-refractivity contribution in [2.45, 2.75) is 64.4 Å². The van der Waals surface area contributed by atoms with Crippen molar-refractivity contribution in [1.29, 1.82) is 0 Å². The molecule has 0 saturated carbocycles. The lowest BCUT2D eigenvalue weighted by Gasteiger charge is -2.38. The van der Waals surface area contributed by atoms with Crippen molar-refractivity contribution < 1.29 is 0 Å². The summed E-state index contributed by atoms with van der Waals surface area (Å²) in [4.78, 5) is 0. The first-order valence-electron chi connectivity index (χ1n) is 6.15. The molecule has 0 aliphatic heterocycles. The molecule has 1 nitrogen and oxygen atoms in total. The van der Waals surface area contributed by atoms with E-state index in [2.05, 4.69) is 58.7 Å². The van der Waals surface area contributed by atoms with E-state index in [4.69, 9.17) is 0 Å². The van der Waals surface area contributed by atoms with Crippen LogP contribution in [0.15, 0.2) is 12.7 Å². The molecule has 0 unspecified atom stereocenters. The summed E-state index contributed by atoms with van der Waals surface area (Å²) >= 11 is 1.92. The number of hydrogen-bond donors (Lipinski definition) is 1. The largest absolute Gasteiger partial charge is 0.284 e. The van der Waals surface area contributed by atoms with Gasteiger partial charge in [-0.1, -0.05) is 65.7 Å². The quantitative estimate of drug-likeness (QED) is 0.416. The van der Waals surface area contributed by atoms with Gasteiger partial charge in [0.1, 0.15) is 8.24 Å². The molecule has 0 bridgehead atoms. The Labute approximate surface area is 108 Å². The van der Waals surface area contributed by atoms with Gasteiger partial charge in [0, 0.05) is 5.25 Å². The van der Waals surface area contributed by atoms with E-state index < -0.39 is 8.24 Å². The molecule has 1 N–H and O–H groups in total. The number of rotatable bonds is 6. The van der Waals surface area contributed by atoms with Gasteiger partial charge in [-0.2, -0.15) is 0 Å². The molecule has 0 aliphatic rings. The van der Waals surface area contributed by atoms with E-state index in [1.165, 1.54) is 0 Å². The van der Waals surface area contributed by atoms with E-state index in [1.54, 1.807) is 0 Å². The van der Waals surface area contributed by atoms with Crippen LogP contribution < -0.4 is 4.39 Å². The Kier molecular flexibility index (Phi) is 6.37. The fourth-order valence-corrected chi connectivity index (χ4v) is 4.45. The van der Waals surface area contributed by atoms with Gasteiger partial charge >= 0.3 is 0 Å². The van der Waals surface area contributed by atoms with Crippen LogP contribution in [0.2, 0.25) is 18.1 Å². The van der Waals surface area contributed by atoms with Gasteiger partial charge in [-0.15, -0.1) is 6.58 Å². The smallest absolute Gasteiger partial charge is 0.136 e. The van der Waals surface area contributed by atoms with Crippen molar-refractivity contribution in [3.05, 3.63) is 12.7 Å². The second kappa shape index (κ2) is 6.27. The van der Waals surface area contributed by atoms with Crippen molar-refractivity contribution in [3.8, 4) is 0 Å². The minimum atomic E-state index is -1.35. The van der Waals surface area contributed by atoms with Crippen LogP contribution in [0.5, 0.6) is 0 Å². The molecule has 16 heavy (non-hydrogen) atoms. The minimum absolute atomic E-state index is 0.404. The number of allylic oxidation sites excluding steroid dienone is 1. The second-order valence-electron chi connectivity index (χ2n) is 6.30. The monoisotopic (exact) mass is 259 g/mol. The Hall–Kier alpha value is 0.267. The third-order valence-corrected chi connectivity index (χ3v) is 10.8. The maximum absolute atomic E-state index is 3.81.